The number of ether oxygens (including phenoxy) is 1. The van der Waals surface area contributed by atoms with Crippen LogP contribution in [0.1, 0.15) is 28.8 Å². The second-order valence-electron chi connectivity index (χ2n) is 7.23. The van der Waals surface area contributed by atoms with Gasteiger partial charge in [0, 0.05) is 17.0 Å². The van der Waals surface area contributed by atoms with Crippen molar-refractivity contribution in [3.05, 3.63) is 50.6 Å². The van der Waals surface area contributed by atoms with Gasteiger partial charge in [-0.2, -0.15) is 0 Å². The number of thioether (sulfide) groups is 1. The van der Waals surface area contributed by atoms with Crippen LogP contribution in [-0.2, 0) is 9.53 Å². The van der Waals surface area contributed by atoms with E-state index in [1.165, 1.54) is 34.4 Å². The minimum absolute atomic E-state index is 0.0245. The van der Waals surface area contributed by atoms with E-state index in [4.69, 9.17) is 4.74 Å². The van der Waals surface area contributed by atoms with Gasteiger partial charge in [0.15, 0.2) is 5.16 Å². The molecule has 1 unspecified atom stereocenters. The Morgan fingerprint density at radius 1 is 1.28 bits per heavy atom. The Morgan fingerprint density at radius 2 is 2.12 bits per heavy atom. The Balaban J connectivity index is 1.28. The molecule has 1 aliphatic rings. The smallest absolute Gasteiger partial charge is 0.260 e. The topological polar surface area (TPSA) is 110 Å². The number of H-pyrrole nitrogens is 1. The Hall–Kier alpha value is -2.60. The molecule has 11 heteroatoms. The van der Waals surface area contributed by atoms with Gasteiger partial charge in [0.2, 0.25) is 11.0 Å². The van der Waals surface area contributed by atoms with Crippen molar-refractivity contribution < 1.29 is 9.53 Å². The Kier molecular flexibility index (Phi) is 6.05. The summed E-state index contributed by atoms with van der Waals surface area (Å²) in [5.41, 5.74) is 1.70. The fourth-order valence-electron chi connectivity index (χ4n) is 3.60. The van der Waals surface area contributed by atoms with Gasteiger partial charge in [0.1, 0.15) is 15.9 Å². The van der Waals surface area contributed by atoms with Crippen LogP contribution in [0.25, 0.3) is 21.3 Å². The van der Waals surface area contributed by atoms with Gasteiger partial charge in [-0.3, -0.25) is 14.9 Å². The Labute approximate surface area is 195 Å². The van der Waals surface area contributed by atoms with E-state index in [2.05, 4.69) is 25.5 Å². The first-order chi connectivity index (χ1) is 15.6. The summed E-state index contributed by atoms with van der Waals surface area (Å²) in [7, 11) is 0. The van der Waals surface area contributed by atoms with E-state index in [1.54, 1.807) is 0 Å². The molecule has 0 saturated carbocycles. The van der Waals surface area contributed by atoms with Crippen LogP contribution >= 0.6 is 34.4 Å². The van der Waals surface area contributed by atoms with Gasteiger partial charge in [-0.15, -0.1) is 21.5 Å². The number of nitrogens with one attached hydrogen (secondary N) is 2. The second-order valence-corrected chi connectivity index (χ2v) is 10.4. The maximum atomic E-state index is 12.8. The molecule has 32 heavy (non-hydrogen) atoms. The molecule has 5 rings (SSSR count). The second kappa shape index (κ2) is 9.10. The minimum Gasteiger partial charge on any atom is -0.371 e. The molecular weight excluding hydrogens is 466 g/mol. The van der Waals surface area contributed by atoms with Crippen LogP contribution < -0.4 is 10.9 Å². The van der Waals surface area contributed by atoms with Gasteiger partial charge in [-0.25, -0.2) is 4.98 Å². The van der Waals surface area contributed by atoms with Crippen LogP contribution in [0.5, 0.6) is 0 Å². The van der Waals surface area contributed by atoms with E-state index in [0.717, 1.165) is 40.5 Å². The van der Waals surface area contributed by atoms with Gasteiger partial charge >= 0.3 is 0 Å². The molecular formula is C21H19N5O3S3. The summed E-state index contributed by atoms with van der Waals surface area (Å²) in [5.74, 6) is -0.140. The molecule has 0 aliphatic carbocycles. The summed E-state index contributed by atoms with van der Waals surface area (Å²) in [4.78, 5) is 34.3. The van der Waals surface area contributed by atoms with Crippen molar-refractivity contribution in [1.29, 1.82) is 0 Å². The lowest BCUT2D eigenvalue weighted by molar-refractivity contribution is -0.113. The molecule has 0 bridgehead atoms. The Bertz CT molecular complexity index is 1330. The molecule has 1 amide bonds. The molecule has 8 nitrogen and oxygen atoms in total. The van der Waals surface area contributed by atoms with E-state index in [9.17, 15) is 9.59 Å². The van der Waals surface area contributed by atoms with Crippen LogP contribution in [0, 0.1) is 6.92 Å². The van der Waals surface area contributed by atoms with E-state index in [1.807, 2.05) is 37.3 Å². The van der Waals surface area contributed by atoms with Crippen LogP contribution in [0.3, 0.4) is 0 Å². The first kappa shape index (κ1) is 21.3. The SMILES string of the molecule is Cc1sc2nc(SCC(=O)Nc3nnc(C4CCCO4)s3)[nH]c(=O)c2c1-c1ccccc1. The zero-order valence-electron chi connectivity index (χ0n) is 17.1. The molecule has 0 radical (unpaired) electrons. The molecule has 1 atom stereocenters. The number of benzene rings is 1. The van der Waals surface area contributed by atoms with Crippen LogP contribution in [0.4, 0.5) is 5.13 Å². The largest absolute Gasteiger partial charge is 0.371 e. The number of hydrogen-bond acceptors (Lipinski definition) is 9. The van der Waals surface area contributed by atoms with Gasteiger partial charge < -0.3 is 9.72 Å². The highest BCUT2D eigenvalue weighted by molar-refractivity contribution is 7.99. The summed E-state index contributed by atoms with van der Waals surface area (Å²) in [6, 6.07) is 9.81. The van der Waals surface area contributed by atoms with Crippen molar-refractivity contribution in [3.63, 3.8) is 0 Å². The number of fused-ring (bicyclic) bond motifs is 1. The number of carbonyl (C=O) groups is 1. The lowest BCUT2D eigenvalue weighted by Crippen LogP contribution is -2.15. The lowest BCUT2D eigenvalue weighted by Gasteiger charge is -2.03. The quantitative estimate of drug-likeness (QED) is 0.308. The fourth-order valence-corrected chi connectivity index (χ4v) is 6.20. The first-order valence-electron chi connectivity index (χ1n) is 10.0. The molecule has 4 heterocycles. The monoisotopic (exact) mass is 485 g/mol. The summed E-state index contributed by atoms with van der Waals surface area (Å²) < 4.78 is 5.60. The highest BCUT2D eigenvalue weighted by Gasteiger charge is 2.22. The van der Waals surface area contributed by atoms with E-state index < -0.39 is 0 Å². The molecule has 0 spiro atoms. The van der Waals surface area contributed by atoms with Gasteiger partial charge in [-0.1, -0.05) is 53.4 Å². The number of nitrogens with zero attached hydrogens (tertiary/aromatic N) is 3. The molecule has 3 aromatic heterocycles. The Morgan fingerprint density at radius 3 is 2.91 bits per heavy atom. The summed E-state index contributed by atoms with van der Waals surface area (Å²) in [5, 5.41) is 13.1. The van der Waals surface area contributed by atoms with Gasteiger partial charge in [-0.05, 0) is 25.3 Å². The van der Waals surface area contributed by atoms with Crippen molar-refractivity contribution in [2.45, 2.75) is 31.0 Å². The number of hydrogen-bond donors (Lipinski definition) is 2. The lowest BCUT2D eigenvalue weighted by atomic mass is 10.0. The van der Waals surface area contributed by atoms with Crippen LogP contribution in [-0.4, -0.2) is 38.4 Å². The molecule has 1 saturated heterocycles. The third-order valence-electron chi connectivity index (χ3n) is 5.01. The minimum atomic E-state index is -0.236. The normalized spacial score (nSPS) is 16.0. The summed E-state index contributed by atoms with van der Waals surface area (Å²) in [6.07, 6.45) is 1.91. The predicted octanol–water partition coefficient (Wildman–Crippen LogP) is 4.39. The van der Waals surface area contributed by atoms with Crippen LogP contribution in [0.2, 0.25) is 0 Å². The standard InChI is InChI=1S/C21H19N5O3S3/c1-11-15(12-6-3-2-4-7-12)16-17(28)23-20(24-19(16)31-11)30-10-14(27)22-21-26-25-18(32-21)13-8-5-9-29-13/h2-4,6-7,13H,5,8-10H2,1H3,(H,22,26,27)(H,23,24,28). The number of carbonyl (C=O) groups excluding carboxylic acids is 1. The van der Waals surface area contributed by atoms with Gasteiger partial charge in [0.05, 0.1) is 11.1 Å². The fraction of sp³-hybridized carbons (Fsp3) is 0.286. The highest BCUT2D eigenvalue weighted by Crippen LogP contribution is 2.36. The number of aromatic nitrogens is 4. The molecule has 1 fully saturated rings. The summed E-state index contributed by atoms with van der Waals surface area (Å²) >= 11 is 3.99. The molecule has 2 N–H and O–H groups in total. The average molecular weight is 486 g/mol. The number of aromatic amines is 1. The zero-order chi connectivity index (χ0) is 22.1. The van der Waals surface area contributed by atoms with E-state index >= 15 is 0 Å². The molecule has 1 aliphatic heterocycles. The molecule has 4 aromatic rings. The molecule has 1 aromatic carbocycles. The number of aryl methyl sites for hydroxylation is 1. The highest BCUT2D eigenvalue weighted by atomic mass is 32.2. The van der Waals surface area contributed by atoms with Crippen molar-refractivity contribution in [3.8, 4) is 11.1 Å². The zero-order valence-corrected chi connectivity index (χ0v) is 19.5. The van der Waals surface area contributed by atoms with Crippen LogP contribution in [0.15, 0.2) is 40.3 Å². The van der Waals surface area contributed by atoms with E-state index in [-0.39, 0.29) is 23.3 Å². The van der Waals surface area contributed by atoms with Crippen molar-refractivity contribution in [2.24, 2.45) is 0 Å². The van der Waals surface area contributed by atoms with Crippen molar-refractivity contribution >= 4 is 55.7 Å². The van der Waals surface area contributed by atoms with E-state index in [0.29, 0.717) is 20.5 Å². The number of thiophene rings is 1. The maximum Gasteiger partial charge on any atom is 0.260 e. The predicted molar refractivity (Wildman–Crippen MR) is 128 cm³/mol. The van der Waals surface area contributed by atoms with Crippen molar-refractivity contribution in [1.82, 2.24) is 20.2 Å². The van der Waals surface area contributed by atoms with Crippen molar-refractivity contribution in [2.75, 3.05) is 17.7 Å². The number of rotatable bonds is 6. The molecule has 164 valence electrons. The maximum absolute atomic E-state index is 12.8. The van der Waals surface area contributed by atoms with Gasteiger partial charge in [0.25, 0.3) is 5.56 Å². The third kappa shape index (κ3) is 4.33. The number of anilines is 1. The summed E-state index contributed by atoms with van der Waals surface area (Å²) in [6.45, 7) is 2.72. The average Bonchev–Trinajstić information content (AvgIpc) is 3.52. The third-order valence-corrected chi connectivity index (χ3v) is 7.81. The first-order valence-corrected chi connectivity index (χ1v) is 12.7. The number of amides is 1.